The van der Waals surface area contributed by atoms with Gasteiger partial charge >= 0.3 is 0 Å². The molecule has 1 amide bonds. The van der Waals surface area contributed by atoms with Crippen molar-refractivity contribution in [2.24, 2.45) is 11.1 Å². The van der Waals surface area contributed by atoms with E-state index in [1.54, 1.807) is 16.2 Å². The predicted molar refractivity (Wildman–Crippen MR) is 90.2 cm³/mol. The number of aromatic nitrogens is 1. The van der Waals surface area contributed by atoms with Gasteiger partial charge in [0.25, 0.3) is 0 Å². The maximum absolute atomic E-state index is 12.8. The molecule has 2 heterocycles. The van der Waals surface area contributed by atoms with Gasteiger partial charge in [0.2, 0.25) is 5.91 Å². The zero-order valence-electron chi connectivity index (χ0n) is 14.2. The second-order valence-corrected chi connectivity index (χ2v) is 6.92. The van der Waals surface area contributed by atoms with Gasteiger partial charge in [-0.05, 0) is 26.7 Å². The minimum absolute atomic E-state index is 0.00867. The van der Waals surface area contributed by atoms with Gasteiger partial charge in [-0.2, -0.15) is 0 Å². The van der Waals surface area contributed by atoms with Crippen LogP contribution in [0.25, 0.3) is 0 Å². The number of hydrogen-bond donors (Lipinski definition) is 1. The molecule has 1 aromatic heterocycles. The lowest BCUT2D eigenvalue weighted by Crippen LogP contribution is -2.49. The van der Waals surface area contributed by atoms with Crippen LogP contribution in [0.2, 0.25) is 0 Å². The van der Waals surface area contributed by atoms with Crippen molar-refractivity contribution in [1.82, 2.24) is 9.88 Å². The van der Waals surface area contributed by atoms with Gasteiger partial charge in [-0.15, -0.1) is 11.3 Å². The van der Waals surface area contributed by atoms with Crippen LogP contribution in [0.15, 0.2) is 5.38 Å². The molecule has 1 fully saturated rings. The summed E-state index contributed by atoms with van der Waals surface area (Å²) in [6.07, 6.45) is 1.37. The standard InChI is InChI=1S/C16H27N3O3S/c1-4-22-12(2)14-18-13(10-23-14)9-19(3)15(20)16(11-17)5-7-21-8-6-16/h10,12H,4-9,11,17H2,1-3H3. The third-order valence-electron chi connectivity index (χ3n) is 4.37. The van der Waals surface area contributed by atoms with E-state index in [2.05, 4.69) is 4.98 Å². The van der Waals surface area contributed by atoms with Gasteiger partial charge in [0.05, 0.1) is 17.7 Å². The average Bonchev–Trinajstić information content (AvgIpc) is 3.03. The summed E-state index contributed by atoms with van der Waals surface area (Å²) in [5.41, 5.74) is 6.33. The van der Waals surface area contributed by atoms with E-state index in [1.807, 2.05) is 26.3 Å². The highest BCUT2D eigenvalue weighted by Crippen LogP contribution is 2.32. The van der Waals surface area contributed by atoms with Crippen LogP contribution in [0.1, 0.15) is 43.5 Å². The van der Waals surface area contributed by atoms with Crippen molar-refractivity contribution >= 4 is 17.2 Å². The predicted octanol–water partition coefficient (Wildman–Crippen LogP) is 1.95. The van der Waals surface area contributed by atoms with Crippen molar-refractivity contribution in [2.75, 3.05) is 33.4 Å². The zero-order valence-corrected chi connectivity index (χ0v) is 15.0. The molecule has 1 aliphatic rings. The minimum Gasteiger partial charge on any atom is -0.381 e. The highest BCUT2D eigenvalue weighted by atomic mass is 32.1. The second kappa shape index (κ2) is 8.19. The van der Waals surface area contributed by atoms with E-state index < -0.39 is 5.41 Å². The maximum atomic E-state index is 12.8. The normalized spacial score (nSPS) is 18.6. The SMILES string of the molecule is CCOC(C)c1nc(CN(C)C(=O)C2(CN)CCOCC2)cs1. The first-order valence-electron chi connectivity index (χ1n) is 8.11. The third kappa shape index (κ3) is 4.29. The van der Waals surface area contributed by atoms with Gasteiger partial charge in [-0.1, -0.05) is 0 Å². The van der Waals surface area contributed by atoms with E-state index in [0.717, 1.165) is 10.7 Å². The van der Waals surface area contributed by atoms with Crippen LogP contribution in [-0.4, -0.2) is 49.2 Å². The molecule has 0 saturated carbocycles. The molecule has 1 saturated heterocycles. The number of nitrogens with zero attached hydrogens (tertiary/aromatic N) is 2. The quantitative estimate of drug-likeness (QED) is 0.820. The van der Waals surface area contributed by atoms with Crippen molar-refractivity contribution in [3.63, 3.8) is 0 Å². The smallest absolute Gasteiger partial charge is 0.230 e. The molecule has 130 valence electrons. The molecule has 0 bridgehead atoms. The zero-order chi connectivity index (χ0) is 16.9. The highest BCUT2D eigenvalue weighted by Gasteiger charge is 2.40. The van der Waals surface area contributed by atoms with Crippen molar-refractivity contribution in [3.8, 4) is 0 Å². The third-order valence-corrected chi connectivity index (χ3v) is 5.43. The van der Waals surface area contributed by atoms with E-state index in [0.29, 0.717) is 45.8 Å². The lowest BCUT2D eigenvalue weighted by molar-refractivity contribution is -0.146. The molecular formula is C16H27N3O3S. The first kappa shape index (κ1) is 18.3. The molecule has 0 aliphatic carbocycles. The van der Waals surface area contributed by atoms with E-state index in [1.165, 1.54) is 0 Å². The molecule has 1 aromatic rings. The molecular weight excluding hydrogens is 314 g/mol. The molecule has 1 atom stereocenters. The fourth-order valence-corrected chi connectivity index (χ4v) is 3.70. The van der Waals surface area contributed by atoms with Crippen LogP contribution in [-0.2, 0) is 20.8 Å². The number of amides is 1. The fourth-order valence-electron chi connectivity index (χ4n) is 2.89. The molecule has 0 spiro atoms. The van der Waals surface area contributed by atoms with Gasteiger partial charge in [0.1, 0.15) is 11.1 Å². The summed E-state index contributed by atoms with van der Waals surface area (Å²) in [6, 6.07) is 0. The summed E-state index contributed by atoms with van der Waals surface area (Å²) in [6.45, 7) is 6.69. The van der Waals surface area contributed by atoms with Crippen molar-refractivity contribution in [3.05, 3.63) is 16.1 Å². The molecule has 23 heavy (non-hydrogen) atoms. The second-order valence-electron chi connectivity index (χ2n) is 6.03. The van der Waals surface area contributed by atoms with Crippen LogP contribution >= 0.6 is 11.3 Å². The Kier molecular flexibility index (Phi) is 6.52. The van der Waals surface area contributed by atoms with Gasteiger partial charge in [-0.3, -0.25) is 4.79 Å². The minimum atomic E-state index is -0.482. The summed E-state index contributed by atoms with van der Waals surface area (Å²) in [5, 5.41) is 2.94. The number of rotatable bonds is 7. The summed E-state index contributed by atoms with van der Waals surface area (Å²) < 4.78 is 10.9. The monoisotopic (exact) mass is 341 g/mol. The highest BCUT2D eigenvalue weighted by molar-refractivity contribution is 7.09. The van der Waals surface area contributed by atoms with Gasteiger partial charge in [0, 0.05) is 38.8 Å². The Labute approximate surface area is 142 Å². The fraction of sp³-hybridized carbons (Fsp3) is 0.750. The molecule has 1 aliphatic heterocycles. The molecule has 1 unspecified atom stereocenters. The average molecular weight is 341 g/mol. The van der Waals surface area contributed by atoms with Crippen molar-refractivity contribution in [2.45, 2.75) is 39.3 Å². The molecule has 7 heteroatoms. The first-order chi connectivity index (χ1) is 11.0. The van der Waals surface area contributed by atoms with Gasteiger partial charge < -0.3 is 20.1 Å². The Morgan fingerprint density at radius 3 is 2.87 bits per heavy atom. The van der Waals surface area contributed by atoms with E-state index in [4.69, 9.17) is 15.2 Å². The number of carbonyl (C=O) groups excluding carboxylic acids is 1. The Morgan fingerprint density at radius 2 is 2.26 bits per heavy atom. The lowest BCUT2D eigenvalue weighted by Gasteiger charge is -2.37. The number of carbonyl (C=O) groups is 1. The van der Waals surface area contributed by atoms with Crippen molar-refractivity contribution in [1.29, 1.82) is 0 Å². The Balaban J connectivity index is 2.00. The van der Waals surface area contributed by atoms with Crippen molar-refractivity contribution < 1.29 is 14.3 Å². The maximum Gasteiger partial charge on any atom is 0.230 e. The molecule has 0 aromatic carbocycles. The number of nitrogens with two attached hydrogens (primary N) is 1. The van der Waals surface area contributed by atoms with E-state index >= 15 is 0 Å². The van der Waals surface area contributed by atoms with Crippen LogP contribution < -0.4 is 5.73 Å². The summed E-state index contributed by atoms with van der Waals surface area (Å²) in [4.78, 5) is 19.2. The Bertz CT molecular complexity index is 514. The Hall–Kier alpha value is -1.02. The number of thiazole rings is 1. The van der Waals surface area contributed by atoms with E-state index in [9.17, 15) is 4.79 Å². The van der Waals surface area contributed by atoms with E-state index in [-0.39, 0.29) is 12.0 Å². The summed E-state index contributed by atoms with van der Waals surface area (Å²) in [7, 11) is 1.82. The molecule has 2 rings (SSSR count). The molecule has 0 radical (unpaired) electrons. The molecule has 6 nitrogen and oxygen atoms in total. The number of hydrogen-bond acceptors (Lipinski definition) is 6. The van der Waals surface area contributed by atoms with Crippen LogP contribution in [0.5, 0.6) is 0 Å². The van der Waals surface area contributed by atoms with Crippen LogP contribution in [0.3, 0.4) is 0 Å². The largest absolute Gasteiger partial charge is 0.381 e. The summed E-state index contributed by atoms with van der Waals surface area (Å²) in [5.74, 6) is 0.0932. The summed E-state index contributed by atoms with van der Waals surface area (Å²) >= 11 is 1.57. The first-order valence-corrected chi connectivity index (χ1v) is 8.99. The van der Waals surface area contributed by atoms with Gasteiger partial charge in [0.15, 0.2) is 0 Å². The van der Waals surface area contributed by atoms with Crippen LogP contribution in [0.4, 0.5) is 0 Å². The topological polar surface area (TPSA) is 77.7 Å². The molecule has 2 N–H and O–H groups in total. The Morgan fingerprint density at radius 1 is 1.57 bits per heavy atom. The van der Waals surface area contributed by atoms with Gasteiger partial charge in [-0.25, -0.2) is 4.98 Å². The number of ether oxygens (including phenoxy) is 2. The van der Waals surface area contributed by atoms with Crippen LogP contribution in [0, 0.1) is 5.41 Å². The lowest BCUT2D eigenvalue weighted by atomic mass is 9.79.